The first-order valence-corrected chi connectivity index (χ1v) is 8.07. The predicted octanol–water partition coefficient (Wildman–Crippen LogP) is 2.09. The summed E-state index contributed by atoms with van der Waals surface area (Å²) < 4.78 is 25.9. The van der Waals surface area contributed by atoms with Gasteiger partial charge in [0.15, 0.2) is 0 Å². The van der Waals surface area contributed by atoms with Gasteiger partial charge in [0.2, 0.25) is 10.0 Å². The largest absolute Gasteiger partial charge is 0.261 e. The summed E-state index contributed by atoms with van der Waals surface area (Å²) >= 11 is 0. The fourth-order valence-corrected chi connectivity index (χ4v) is 3.06. The van der Waals surface area contributed by atoms with E-state index in [-0.39, 0.29) is 5.75 Å². The molecule has 0 aliphatic rings. The Morgan fingerprint density at radius 2 is 1.75 bits per heavy atom. The lowest BCUT2D eigenvalue weighted by Crippen LogP contribution is -2.30. The first-order valence-electron chi connectivity index (χ1n) is 6.46. The van der Waals surface area contributed by atoms with E-state index in [0.717, 1.165) is 11.3 Å². The molecule has 4 nitrogen and oxygen atoms in total. The highest BCUT2D eigenvalue weighted by Gasteiger charge is 2.18. The minimum Gasteiger partial charge on any atom is -0.261 e. The van der Waals surface area contributed by atoms with Crippen molar-refractivity contribution in [3.63, 3.8) is 0 Å². The molecule has 0 bridgehead atoms. The van der Waals surface area contributed by atoms with E-state index in [4.69, 9.17) is 0 Å². The van der Waals surface area contributed by atoms with Gasteiger partial charge in [-0.3, -0.25) is 4.98 Å². The Bertz CT molecular complexity index is 627. The van der Waals surface area contributed by atoms with Crippen molar-refractivity contribution in [3.8, 4) is 0 Å². The van der Waals surface area contributed by atoms with Gasteiger partial charge in [-0.25, -0.2) is 12.7 Å². The molecule has 0 saturated heterocycles. The number of benzene rings is 1. The van der Waals surface area contributed by atoms with Crippen LogP contribution in [0.1, 0.15) is 11.3 Å². The van der Waals surface area contributed by atoms with Crippen molar-refractivity contribution >= 4 is 10.0 Å². The molecule has 0 saturated carbocycles. The van der Waals surface area contributed by atoms with Crippen LogP contribution in [0.3, 0.4) is 0 Å². The number of aromatic nitrogens is 1. The Balaban J connectivity index is 1.95. The van der Waals surface area contributed by atoms with Crippen molar-refractivity contribution in [2.75, 3.05) is 13.6 Å². The summed E-state index contributed by atoms with van der Waals surface area (Å²) in [4.78, 5) is 4.20. The normalized spacial score (nSPS) is 11.7. The number of hydrogen-bond donors (Lipinski definition) is 0. The second kappa shape index (κ2) is 6.63. The lowest BCUT2D eigenvalue weighted by molar-refractivity contribution is 0.470. The van der Waals surface area contributed by atoms with Gasteiger partial charge < -0.3 is 0 Å². The molecule has 1 aromatic carbocycles. The highest BCUT2D eigenvalue weighted by molar-refractivity contribution is 7.88. The summed E-state index contributed by atoms with van der Waals surface area (Å²) in [6.45, 7) is 0.437. The van der Waals surface area contributed by atoms with E-state index in [1.54, 1.807) is 13.2 Å². The van der Waals surface area contributed by atoms with Crippen molar-refractivity contribution < 1.29 is 8.42 Å². The summed E-state index contributed by atoms with van der Waals surface area (Å²) in [5, 5.41) is 0. The summed E-state index contributed by atoms with van der Waals surface area (Å²) in [6, 6.07) is 14.9. The van der Waals surface area contributed by atoms with Crippen LogP contribution in [0.4, 0.5) is 0 Å². The molecule has 0 atom stereocenters. The minimum atomic E-state index is -3.28. The van der Waals surface area contributed by atoms with E-state index in [2.05, 4.69) is 4.98 Å². The molecule has 0 aliphatic heterocycles. The van der Waals surface area contributed by atoms with Crippen molar-refractivity contribution in [2.45, 2.75) is 12.2 Å². The maximum atomic E-state index is 12.2. The van der Waals surface area contributed by atoms with Gasteiger partial charge in [-0.15, -0.1) is 0 Å². The maximum absolute atomic E-state index is 12.2. The SMILES string of the molecule is CN(CCc1ccccn1)S(=O)(=O)Cc1ccccc1. The predicted molar refractivity (Wildman–Crippen MR) is 79.6 cm³/mol. The second-order valence-corrected chi connectivity index (χ2v) is 6.71. The average molecular weight is 290 g/mol. The van der Waals surface area contributed by atoms with Crippen LogP contribution in [0, 0.1) is 0 Å². The Hall–Kier alpha value is -1.72. The molecule has 20 heavy (non-hydrogen) atoms. The third-order valence-electron chi connectivity index (χ3n) is 3.08. The quantitative estimate of drug-likeness (QED) is 0.818. The molecule has 1 heterocycles. The highest BCUT2D eigenvalue weighted by Crippen LogP contribution is 2.09. The summed E-state index contributed by atoms with van der Waals surface area (Å²) in [6.07, 6.45) is 2.33. The molecule has 5 heteroatoms. The lowest BCUT2D eigenvalue weighted by Gasteiger charge is -2.16. The zero-order valence-corrected chi connectivity index (χ0v) is 12.3. The highest BCUT2D eigenvalue weighted by atomic mass is 32.2. The molecule has 0 fully saturated rings. The fourth-order valence-electron chi connectivity index (χ4n) is 1.85. The first kappa shape index (κ1) is 14.7. The van der Waals surface area contributed by atoms with Crippen LogP contribution in [0.25, 0.3) is 0 Å². The molecule has 0 aliphatic carbocycles. The molecule has 0 spiro atoms. The molecule has 0 N–H and O–H groups in total. The number of pyridine rings is 1. The average Bonchev–Trinajstić information content (AvgIpc) is 2.46. The van der Waals surface area contributed by atoms with Gasteiger partial charge in [-0.1, -0.05) is 36.4 Å². The molecular formula is C15H18N2O2S. The van der Waals surface area contributed by atoms with E-state index in [1.165, 1.54) is 4.31 Å². The number of hydrogen-bond acceptors (Lipinski definition) is 3. The smallest absolute Gasteiger partial charge is 0.218 e. The first-order chi connectivity index (χ1) is 9.58. The van der Waals surface area contributed by atoms with Crippen LogP contribution in [0.15, 0.2) is 54.7 Å². The number of likely N-dealkylation sites (N-methyl/N-ethyl adjacent to an activating group) is 1. The van der Waals surface area contributed by atoms with E-state index in [9.17, 15) is 8.42 Å². The van der Waals surface area contributed by atoms with Gasteiger partial charge in [0, 0.05) is 31.9 Å². The van der Waals surface area contributed by atoms with Crippen LogP contribution in [-0.4, -0.2) is 31.3 Å². The van der Waals surface area contributed by atoms with E-state index in [0.29, 0.717) is 13.0 Å². The zero-order valence-electron chi connectivity index (χ0n) is 11.4. The second-order valence-electron chi connectivity index (χ2n) is 4.63. The van der Waals surface area contributed by atoms with Gasteiger partial charge in [-0.2, -0.15) is 0 Å². The molecule has 0 radical (unpaired) electrons. The van der Waals surface area contributed by atoms with E-state index >= 15 is 0 Å². The maximum Gasteiger partial charge on any atom is 0.218 e. The Kier molecular flexibility index (Phi) is 4.87. The zero-order chi connectivity index (χ0) is 14.4. The fraction of sp³-hybridized carbons (Fsp3) is 0.267. The summed E-state index contributed by atoms with van der Waals surface area (Å²) in [5.74, 6) is 0.0343. The van der Waals surface area contributed by atoms with Gasteiger partial charge in [0.25, 0.3) is 0 Å². The Labute approximate surface area is 120 Å². The van der Waals surface area contributed by atoms with E-state index in [1.807, 2.05) is 48.5 Å². The summed E-state index contributed by atoms with van der Waals surface area (Å²) in [5.41, 5.74) is 1.70. The molecule has 2 rings (SSSR count). The Morgan fingerprint density at radius 3 is 2.40 bits per heavy atom. The van der Waals surface area contributed by atoms with Crippen molar-refractivity contribution in [1.29, 1.82) is 0 Å². The third kappa shape index (κ3) is 4.15. The topological polar surface area (TPSA) is 50.3 Å². The van der Waals surface area contributed by atoms with Crippen molar-refractivity contribution in [2.24, 2.45) is 0 Å². The molecule has 0 amide bonds. The summed E-state index contributed by atoms with van der Waals surface area (Å²) in [7, 11) is -1.67. The van der Waals surface area contributed by atoms with Gasteiger partial charge in [0.1, 0.15) is 0 Å². The standard InChI is InChI=1S/C15H18N2O2S/c1-17(12-10-15-9-5-6-11-16-15)20(18,19)13-14-7-3-2-4-8-14/h2-9,11H,10,12-13H2,1H3. The van der Waals surface area contributed by atoms with Gasteiger partial charge in [0.05, 0.1) is 5.75 Å². The van der Waals surface area contributed by atoms with Crippen LogP contribution in [-0.2, 0) is 22.2 Å². The van der Waals surface area contributed by atoms with E-state index < -0.39 is 10.0 Å². The number of nitrogens with zero attached hydrogens (tertiary/aromatic N) is 2. The monoisotopic (exact) mass is 290 g/mol. The van der Waals surface area contributed by atoms with Crippen molar-refractivity contribution in [1.82, 2.24) is 9.29 Å². The van der Waals surface area contributed by atoms with Crippen LogP contribution < -0.4 is 0 Å². The number of sulfonamides is 1. The lowest BCUT2D eigenvalue weighted by atomic mass is 10.2. The molecule has 1 aromatic heterocycles. The minimum absolute atomic E-state index is 0.0343. The molecular weight excluding hydrogens is 272 g/mol. The van der Waals surface area contributed by atoms with Gasteiger partial charge in [-0.05, 0) is 17.7 Å². The van der Waals surface area contributed by atoms with Crippen LogP contribution in [0.5, 0.6) is 0 Å². The molecule has 106 valence electrons. The van der Waals surface area contributed by atoms with Crippen LogP contribution in [0.2, 0.25) is 0 Å². The Morgan fingerprint density at radius 1 is 1.05 bits per heavy atom. The molecule has 2 aromatic rings. The van der Waals surface area contributed by atoms with Crippen molar-refractivity contribution in [3.05, 3.63) is 66.0 Å². The number of rotatable bonds is 6. The third-order valence-corrected chi connectivity index (χ3v) is 4.91. The van der Waals surface area contributed by atoms with Gasteiger partial charge >= 0.3 is 0 Å². The van der Waals surface area contributed by atoms with Crippen LogP contribution >= 0.6 is 0 Å². The molecule has 0 unspecified atom stereocenters.